The summed E-state index contributed by atoms with van der Waals surface area (Å²) in [7, 11) is -3.70. The number of rotatable bonds is 10. The van der Waals surface area contributed by atoms with Crippen LogP contribution in [0.3, 0.4) is 0 Å². The van der Waals surface area contributed by atoms with Gasteiger partial charge in [0.05, 0.1) is 24.0 Å². The van der Waals surface area contributed by atoms with E-state index in [9.17, 15) is 18.0 Å². The molecule has 1 atom stereocenters. The largest absolute Gasteiger partial charge is 0.466 e. The number of ether oxygens (including phenoxy) is 1. The molecule has 0 spiro atoms. The van der Waals surface area contributed by atoms with Crippen molar-refractivity contribution in [2.24, 2.45) is 0 Å². The third-order valence-corrected chi connectivity index (χ3v) is 7.03. The second kappa shape index (κ2) is 11.1. The molecular weight excluding hydrogens is 416 g/mol. The summed E-state index contributed by atoms with van der Waals surface area (Å²) in [5.74, 6) is -0.876. The topological polar surface area (TPSA) is 92.8 Å². The number of aryl methyl sites for hydroxylation is 1. The van der Waals surface area contributed by atoms with Crippen LogP contribution >= 0.6 is 0 Å². The first-order chi connectivity index (χ1) is 14.7. The fraction of sp³-hybridized carbons (Fsp3) is 0.391. The van der Waals surface area contributed by atoms with Gasteiger partial charge in [-0.15, -0.1) is 0 Å². The van der Waals surface area contributed by atoms with E-state index in [-0.39, 0.29) is 23.5 Å². The van der Waals surface area contributed by atoms with Crippen LogP contribution in [0, 0.1) is 6.92 Å². The van der Waals surface area contributed by atoms with E-state index in [2.05, 4.69) is 5.32 Å². The third-order valence-electron chi connectivity index (χ3n) is 4.98. The zero-order valence-electron chi connectivity index (χ0n) is 18.4. The van der Waals surface area contributed by atoms with Gasteiger partial charge in [0.15, 0.2) is 0 Å². The Kier molecular flexibility index (Phi) is 8.76. The molecule has 7 nitrogen and oxygen atoms in total. The third kappa shape index (κ3) is 6.15. The lowest BCUT2D eigenvalue weighted by atomic mass is 10.0. The molecule has 2 aromatic rings. The molecule has 0 bridgehead atoms. The molecule has 0 aliphatic carbocycles. The summed E-state index contributed by atoms with van der Waals surface area (Å²) in [4.78, 5) is 25.2. The summed E-state index contributed by atoms with van der Waals surface area (Å²) < 4.78 is 32.1. The number of amides is 1. The number of benzene rings is 2. The van der Waals surface area contributed by atoms with Gasteiger partial charge in [-0.25, -0.2) is 8.42 Å². The highest BCUT2D eigenvalue weighted by Crippen LogP contribution is 2.22. The first kappa shape index (κ1) is 24.6. The Labute approximate surface area is 184 Å². The van der Waals surface area contributed by atoms with Gasteiger partial charge in [0, 0.05) is 18.7 Å². The van der Waals surface area contributed by atoms with E-state index in [1.165, 1.54) is 16.4 Å². The molecule has 0 heterocycles. The molecule has 0 saturated carbocycles. The Balaban J connectivity index is 2.36. The maximum absolute atomic E-state index is 13.1. The van der Waals surface area contributed by atoms with Gasteiger partial charge in [0.2, 0.25) is 10.0 Å². The normalized spacial score (nSPS) is 12.4. The van der Waals surface area contributed by atoms with Gasteiger partial charge in [-0.05, 0) is 37.1 Å². The monoisotopic (exact) mass is 446 g/mol. The summed E-state index contributed by atoms with van der Waals surface area (Å²) >= 11 is 0. The van der Waals surface area contributed by atoms with E-state index in [1.807, 2.05) is 30.3 Å². The van der Waals surface area contributed by atoms with E-state index >= 15 is 0 Å². The number of nitrogens with one attached hydrogen (secondary N) is 1. The average Bonchev–Trinajstić information content (AvgIpc) is 2.74. The molecule has 2 rings (SSSR count). The van der Waals surface area contributed by atoms with Crippen molar-refractivity contribution < 1.29 is 22.7 Å². The van der Waals surface area contributed by atoms with Crippen molar-refractivity contribution in [3.05, 3.63) is 65.2 Å². The number of sulfonamides is 1. The fourth-order valence-corrected chi connectivity index (χ4v) is 4.76. The van der Waals surface area contributed by atoms with E-state index < -0.39 is 27.9 Å². The van der Waals surface area contributed by atoms with E-state index in [4.69, 9.17) is 4.74 Å². The summed E-state index contributed by atoms with van der Waals surface area (Å²) in [6.07, 6.45) is -0.0277. The van der Waals surface area contributed by atoms with Crippen molar-refractivity contribution in [1.82, 2.24) is 9.62 Å². The summed E-state index contributed by atoms with van der Waals surface area (Å²) in [6, 6.07) is 13.0. The number of carbonyl (C=O) groups is 2. The van der Waals surface area contributed by atoms with Crippen LogP contribution in [0.5, 0.6) is 0 Å². The molecule has 31 heavy (non-hydrogen) atoms. The van der Waals surface area contributed by atoms with Crippen LogP contribution in [-0.4, -0.2) is 44.3 Å². The van der Waals surface area contributed by atoms with Crippen LogP contribution in [0.25, 0.3) is 0 Å². The van der Waals surface area contributed by atoms with E-state index in [0.29, 0.717) is 18.7 Å². The molecule has 0 aliphatic heterocycles. The highest BCUT2D eigenvalue weighted by Gasteiger charge is 2.25. The van der Waals surface area contributed by atoms with Crippen molar-refractivity contribution in [3.63, 3.8) is 0 Å². The molecule has 2 aromatic carbocycles. The molecule has 0 radical (unpaired) electrons. The smallest absolute Gasteiger partial charge is 0.308 e. The van der Waals surface area contributed by atoms with Crippen LogP contribution in [0.2, 0.25) is 0 Å². The zero-order valence-corrected chi connectivity index (χ0v) is 19.2. The number of carbonyl (C=O) groups excluding carboxylic acids is 2. The lowest BCUT2D eigenvalue weighted by Gasteiger charge is -2.21. The lowest BCUT2D eigenvalue weighted by molar-refractivity contribution is -0.143. The standard InChI is InChI=1S/C23H30N2O5S/c1-5-25(6-2)31(28,29)19-14-13-17(4)20(15-19)23(27)24-21(16-22(26)30-7-3)18-11-9-8-10-12-18/h8-15,21H,5-7,16H2,1-4H3,(H,24,27). The van der Waals surface area contributed by atoms with Crippen LogP contribution in [0.1, 0.15) is 54.7 Å². The van der Waals surface area contributed by atoms with Gasteiger partial charge in [0.1, 0.15) is 0 Å². The Morgan fingerprint density at radius 1 is 1.03 bits per heavy atom. The van der Waals surface area contributed by atoms with Gasteiger partial charge in [-0.3, -0.25) is 9.59 Å². The molecule has 0 saturated heterocycles. The highest BCUT2D eigenvalue weighted by molar-refractivity contribution is 7.89. The molecule has 0 aliphatic rings. The highest BCUT2D eigenvalue weighted by atomic mass is 32.2. The Bertz CT molecular complexity index is 1000. The number of hydrogen-bond acceptors (Lipinski definition) is 5. The Morgan fingerprint density at radius 3 is 2.26 bits per heavy atom. The predicted octanol–water partition coefficient (Wildman–Crippen LogP) is 3.45. The minimum atomic E-state index is -3.70. The average molecular weight is 447 g/mol. The SMILES string of the molecule is CCOC(=O)CC(NC(=O)c1cc(S(=O)(=O)N(CC)CC)ccc1C)c1ccccc1. The molecule has 0 fully saturated rings. The lowest BCUT2D eigenvalue weighted by Crippen LogP contribution is -2.32. The van der Waals surface area contributed by atoms with Crippen LogP contribution in [0.15, 0.2) is 53.4 Å². The minimum absolute atomic E-state index is 0.0277. The molecular formula is C23H30N2O5S. The Morgan fingerprint density at radius 2 is 1.68 bits per heavy atom. The second-order valence-electron chi connectivity index (χ2n) is 7.01. The zero-order chi connectivity index (χ0) is 23.0. The molecule has 8 heteroatoms. The number of hydrogen-bond donors (Lipinski definition) is 1. The van der Waals surface area contributed by atoms with Crippen LogP contribution in [0.4, 0.5) is 0 Å². The maximum atomic E-state index is 13.1. The first-order valence-corrected chi connectivity index (χ1v) is 11.8. The van der Waals surface area contributed by atoms with Crippen molar-refractivity contribution in [2.75, 3.05) is 19.7 Å². The van der Waals surface area contributed by atoms with Gasteiger partial charge >= 0.3 is 5.97 Å². The molecule has 1 N–H and O–H groups in total. The molecule has 0 aromatic heterocycles. The summed E-state index contributed by atoms with van der Waals surface area (Å²) in [5, 5.41) is 2.87. The molecule has 1 unspecified atom stereocenters. The first-order valence-electron chi connectivity index (χ1n) is 10.4. The number of nitrogens with zero attached hydrogens (tertiary/aromatic N) is 1. The van der Waals surface area contributed by atoms with Gasteiger partial charge < -0.3 is 10.1 Å². The summed E-state index contributed by atoms with van der Waals surface area (Å²) in [6.45, 7) is 7.92. The van der Waals surface area contributed by atoms with E-state index in [1.54, 1.807) is 33.8 Å². The van der Waals surface area contributed by atoms with Crippen molar-refractivity contribution in [2.45, 2.75) is 45.1 Å². The molecule has 168 valence electrons. The number of esters is 1. The van der Waals surface area contributed by atoms with Gasteiger partial charge in [-0.2, -0.15) is 4.31 Å². The predicted molar refractivity (Wildman–Crippen MR) is 119 cm³/mol. The maximum Gasteiger partial charge on any atom is 0.308 e. The summed E-state index contributed by atoms with van der Waals surface area (Å²) in [5.41, 5.74) is 1.64. The second-order valence-corrected chi connectivity index (χ2v) is 8.95. The Hall–Kier alpha value is -2.71. The minimum Gasteiger partial charge on any atom is -0.466 e. The van der Waals surface area contributed by atoms with Crippen molar-refractivity contribution in [1.29, 1.82) is 0 Å². The quantitative estimate of drug-likeness (QED) is 0.564. The van der Waals surface area contributed by atoms with Gasteiger partial charge in [-0.1, -0.05) is 50.2 Å². The van der Waals surface area contributed by atoms with Crippen molar-refractivity contribution >= 4 is 21.9 Å². The molecule has 1 amide bonds. The van der Waals surface area contributed by atoms with Crippen LogP contribution < -0.4 is 5.32 Å². The van der Waals surface area contributed by atoms with Crippen LogP contribution in [-0.2, 0) is 19.6 Å². The van der Waals surface area contributed by atoms with E-state index in [0.717, 1.165) is 5.56 Å². The fourth-order valence-electron chi connectivity index (χ4n) is 3.28. The van der Waals surface area contributed by atoms with Gasteiger partial charge in [0.25, 0.3) is 5.91 Å². The van der Waals surface area contributed by atoms with Crippen molar-refractivity contribution in [3.8, 4) is 0 Å².